The summed E-state index contributed by atoms with van der Waals surface area (Å²) in [4.78, 5) is 38.9. The molecule has 0 unspecified atom stereocenters. The van der Waals surface area contributed by atoms with E-state index in [0.29, 0.717) is 10.9 Å². The van der Waals surface area contributed by atoms with Crippen LogP contribution in [0.25, 0.3) is 28.7 Å². The van der Waals surface area contributed by atoms with Crippen LogP contribution in [-0.2, 0) is 0 Å². The first-order valence-electron chi connectivity index (χ1n) is 8.73. The fraction of sp³-hybridized carbons (Fsp3) is 0. The van der Waals surface area contributed by atoms with E-state index < -0.39 is 21.3 Å². The second-order valence-electron chi connectivity index (χ2n) is 6.28. The van der Waals surface area contributed by atoms with Crippen molar-refractivity contribution in [3.63, 3.8) is 0 Å². The minimum atomic E-state index is -0.670. The molecule has 11 heteroatoms. The lowest BCUT2D eigenvalue weighted by Gasteiger charge is -2.11. The summed E-state index contributed by atoms with van der Waals surface area (Å²) in [7, 11) is 0. The summed E-state index contributed by atoms with van der Waals surface area (Å²) in [5, 5.41) is 22.7. The molecule has 0 fully saturated rings. The van der Waals surface area contributed by atoms with Gasteiger partial charge in [-0.15, -0.1) is 0 Å². The molecule has 0 atom stereocenters. The molecule has 0 aliphatic rings. The van der Waals surface area contributed by atoms with Crippen LogP contribution in [0.2, 0.25) is 0 Å². The highest BCUT2D eigenvalue weighted by molar-refractivity contribution is 14.1. The molecule has 0 N–H and O–H groups in total. The number of rotatable bonds is 5. The average molecular weight is 530 g/mol. The number of furan rings is 1. The summed E-state index contributed by atoms with van der Waals surface area (Å²) in [6.07, 6.45) is 2.82. The first kappa shape index (κ1) is 20.4. The Hall–Kier alpha value is -3.87. The molecule has 0 radical (unpaired) electrons. The van der Waals surface area contributed by atoms with E-state index in [2.05, 4.69) is 27.6 Å². The van der Waals surface area contributed by atoms with Crippen molar-refractivity contribution >= 4 is 57.2 Å². The lowest BCUT2D eigenvalue weighted by atomic mass is 10.2. The number of hydrogen-bond acceptors (Lipinski definition) is 7. The van der Waals surface area contributed by atoms with Crippen molar-refractivity contribution in [2.45, 2.75) is 0 Å². The Bertz CT molecular complexity index is 1440. The Morgan fingerprint density at radius 2 is 1.77 bits per heavy atom. The largest absolute Gasteiger partial charge is 0.433 e. The van der Waals surface area contributed by atoms with Gasteiger partial charge in [-0.3, -0.25) is 29.6 Å². The van der Waals surface area contributed by atoms with Crippen LogP contribution < -0.4 is 5.56 Å². The van der Waals surface area contributed by atoms with Crippen LogP contribution >= 0.6 is 22.6 Å². The van der Waals surface area contributed by atoms with Gasteiger partial charge in [0.25, 0.3) is 11.2 Å². The van der Waals surface area contributed by atoms with Crippen molar-refractivity contribution in [1.82, 2.24) is 9.55 Å². The number of nitro groups is 2. The molecule has 2 aromatic carbocycles. The molecule has 31 heavy (non-hydrogen) atoms. The molecule has 0 aliphatic heterocycles. The standard InChI is InChI=1S/C20H11IN4O6/c21-12-5-8-15-14(11-12)20(26)23(16-3-1-2-4-17(16)24(27)28)18(22-15)9-6-13-7-10-19(31-13)25(29)30/h1-11H/b9-6+. The van der Waals surface area contributed by atoms with E-state index in [1.165, 1.54) is 42.5 Å². The van der Waals surface area contributed by atoms with E-state index >= 15 is 0 Å². The van der Waals surface area contributed by atoms with Crippen LogP contribution in [0.1, 0.15) is 11.6 Å². The molecule has 4 rings (SSSR count). The van der Waals surface area contributed by atoms with Crippen molar-refractivity contribution in [3.05, 3.63) is 100 Å². The van der Waals surface area contributed by atoms with Crippen LogP contribution in [0.3, 0.4) is 0 Å². The predicted octanol–water partition coefficient (Wildman–Crippen LogP) is 4.57. The van der Waals surface area contributed by atoms with E-state index in [9.17, 15) is 25.0 Å². The number of para-hydroxylation sites is 2. The van der Waals surface area contributed by atoms with Gasteiger partial charge in [0, 0.05) is 9.64 Å². The maximum atomic E-state index is 13.3. The fourth-order valence-electron chi connectivity index (χ4n) is 3.01. The van der Waals surface area contributed by atoms with Crippen LogP contribution in [-0.4, -0.2) is 19.4 Å². The smallest absolute Gasteiger partial charge is 0.401 e. The Kier molecular flexibility index (Phi) is 5.33. The Morgan fingerprint density at radius 3 is 2.48 bits per heavy atom. The van der Waals surface area contributed by atoms with Gasteiger partial charge in [0.05, 0.1) is 21.9 Å². The number of aromatic nitrogens is 2. The third-order valence-electron chi connectivity index (χ3n) is 4.36. The fourth-order valence-corrected chi connectivity index (χ4v) is 3.50. The van der Waals surface area contributed by atoms with Gasteiger partial charge in [0.15, 0.2) is 0 Å². The maximum absolute atomic E-state index is 13.3. The van der Waals surface area contributed by atoms with E-state index in [1.54, 1.807) is 24.3 Å². The summed E-state index contributed by atoms with van der Waals surface area (Å²) in [6, 6.07) is 13.5. The number of halogens is 1. The normalized spacial score (nSPS) is 11.3. The van der Waals surface area contributed by atoms with Gasteiger partial charge in [-0.2, -0.15) is 0 Å². The van der Waals surface area contributed by atoms with Gasteiger partial charge in [0.2, 0.25) is 0 Å². The van der Waals surface area contributed by atoms with Crippen molar-refractivity contribution in [1.29, 1.82) is 0 Å². The summed E-state index contributed by atoms with van der Waals surface area (Å²) in [5.74, 6) is -0.165. The monoisotopic (exact) mass is 530 g/mol. The maximum Gasteiger partial charge on any atom is 0.433 e. The molecule has 0 amide bonds. The minimum Gasteiger partial charge on any atom is -0.401 e. The molecule has 2 aromatic heterocycles. The van der Waals surface area contributed by atoms with E-state index in [-0.39, 0.29) is 23.0 Å². The van der Waals surface area contributed by atoms with Gasteiger partial charge in [0.1, 0.15) is 22.2 Å². The van der Waals surface area contributed by atoms with E-state index in [4.69, 9.17) is 4.42 Å². The number of hydrogen-bond donors (Lipinski definition) is 0. The molecular weight excluding hydrogens is 519 g/mol. The molecule has 10 nitrogen and oxygen atoms in total. The summed E-state index contributed by atoms with van der Waals surface area (Å²) < 4.78 is 7.05. The zero-order valence-electron chi connectivity index (χ0n) is 15.5. The topological polar surface area (TPSA) is 134 Å². The quantitative estimate of drug-likeness (QED) is 0.210. The zero-order valence-corrected chi connectivity index (χ0v) is 17.6. The Labute approximate surface area is 186 Å². The van der Waals surface area contributed by atoms with Gasteiger partial charge in [-0.05, 0) is 65.1 Å². The molecule has 0 saturated carbocycles. The molecule has 0 bridgehead atoms. The predicted molar refractivity (Wildman–Crippen MR) is 121 cm³/mol. The molecule has 0 saturated heterocycles. The van der Waals surface area contributed by atoms with Gasteiger partial charge >= 0.3 is 5.88 Å². The van der Waals surface area contributed by atoms with Crippen molar-refractivity contribution in [2.24, 2.45) is 0 Å². The summed E-state index contributed by atoms with van der Waals surface area (Å²) in [6.45, 7) is 0. The first-order chi connectivity index (χ1) is 14.8. The highest BCUT2D eigenvalue weighted by Crippen LogP contribution is 2.25. The molecule has 2 heterocycles. The van der Waals surface area contributed by atoms with Crippen LogP contribution in [0.5, 0.6) is 0 Å². The lowest BCUT2D eigenvalue weighted by Crippen LogP contribution is -2.23. The first-order valence-corrected chi connectivity index (χ1v) is 9.81. The Balaban J connectivity index is 1.97. The van der Waals surface area contributed by atoms with Crippen LogP contribution in [0, 0.1) is 23.8 Å². The average Bonchev–Trinajstić information content (AvgIpc) is 3.22. The second kappa shape index (κ2) is 8.10. The number of fused-ring (bicyclic) bond motifs is 1. The van der Waals surface area contributed by atoms with Gasteiger partial charge < -0.3 is 4.42 Å². The van der Waals surface area contributed by atoms with E-state index in [1.807, 2.05) is 0 Å². The number of nitrogens with zero attached hydrogens (tertiary/aromatic N) is 4. The molecule has 154 valence electrons. The van der Waals surface area contributed by atoms with Crippen molar-refractivity contribution in [2.75, 3.05) is 0 Å². The van der Waals surface area contributed by atoms with Crippen molar-refractivity contribution in [3.8, 4) is 5.69 Å². The number of nitro benzene ring substituents is 1. The number of benzene rings is 2. The highest BCUT2D eigenvalue weighted by Gasteiger charge is 2.20. The molecule has 4 aromatic rings. The third-order valence-corrected chi connectivity index (χ3v) is 5.04. The van der Waals surface area contributed by atoms with E-state index in [0.717, 1.165) is 8.14 Å². The minimum absolute atomic E-state index is 0.0517. The molecular formula is C20H11IN4O6. The van der Waals surface area contributed by atoms with Gasteiger partial charge in [-0.25, -0.2) is 4.98 Å². The molecule has 0 spiro atoms. The molecule has 0 aliphatic carbocycles. The van der Waals surface area contributed by atoms with Crippen LogP contribution in [0.4, 0.5) is 11.6 Å². The highest BCUT2D eigenvalue weighted by atomic mass is 127. The Morgan fingerprint density at radius 1 is 1.00 bits per heavy atom. The lowest BCUT2D eigenvalue weighted by molar-refractivity contribution is -0.402. The second-order valence-corrected chi connectivity index (χ2v) is 7.53. The summed E-state index contributed by atoms with van der Waals surface area (Å²) >= 11 is 2.06. The SMILES string of the molecule is O=c1c2cc(I)ccc2nc(/C=C/c2ccc([N+](=O)[O-])o2)n1-c1ccccc1[N+](=O)[O-]. The van der Waals surface area contributed by atoms with Gasteiger partial charge in [-0.1, -0.05) is 12.1 Å². The van der Waals surface area contributed by atoms with Crippen LogP contribution in [0.15, 0.2) is 63.8 Å². The van der Waals surface area contributed by atoms with Crippen molar-refractivity contribution < 1.29 is 14.3 Å². The summed E-state index contributed by atoms with van der Waals surface area (Å²) in [5.41, 5.74) is -0.288. The zero-order chi connectivity index (χ0) is 22.1. The third kappa shape index (κ3) is 3.94.